The van der Waals surface area contributed by atoms with E-state index in [1.165, 1.54) is 24.3 Å². The van der Waals surface area contributed by atoms with E-state index in [0.29, 0.717) is 33.9 Å². The van der Waals surface area contributed by atoms with Crippen LogP contribution in [-0.2, 0) is 14.8 Å². The average Bonchev–Trinajstić information content (AvgIpc) is 3.18. The molecule has 11 heteroatoms. The smallest absolute Gasteiger partial charge is 0.244 e. The molecule has 1 amide bonds. The Labute approximate surface area is 171 Å². The number of amides is 1. The van der Waals surface area contributed by atoms with Gasteiger partial charge < -0.3 is 9.84 Å². The molecular formula is C18H19N5O4S2. The van der Waals surface area contributed by atoms with Gasteiger partial charge in [0.1, 0.15) is 0 Å². The van der Waals surface area contributed by atoms with Crippen molar-refractivity contribution in [1.82, 2.24) is 19.8 Å². The van der Waals surface area contributed by atoms with Crippen molar-refractivity contribution in [2.45, 2.75) is 43.5 Å². The summed E-state index contributed by atoms with van der Waals surface area (Å²) in [6.45, 7) is 3.16. The number of nitrogens with one attached hydrogen (secondary N) is 2. The Morgan fingerprint density at radius 1 is 1.34 bits per heavy atom. The van der Waals surface area contributed by atoms with Crippen LogP contribution in [0.5, 0.6) is 0 Å². The molecule has 1 atom stereocenters. The number of hydrogen-bond acceptors (Lipinski definition) is 8. The molecule has 1 saturated carbocycles. The summed E-state index contributed by atoms with van der Waals surface area (Å²) in [4.78, 5) is 20.6. The number of hydrogen-bond donors (Lipinski definition) is 2. The normalized spacial score (nSPS) is 15.2. The minimum atomic E-state index is -3.96. The second-order valence-corrected chi connectivity index (χ2v) is 9.46. The number of benzene rings is 1. The lowest BCUT2D eigenvalue weighted by Gasteiger charge is -2.15. The molecule has 0 aliphatic heterocycles. The highest BCUT2D eigenvalue weighted by atomic mass is 32.2. The highest BCUT2D eigenvalue weighted by Crippen LogP contribution is 2.39. The molecule has 0 saturated heterocycles. The largest absolute Gasteiger partial charge is 0.339 e. The first-order valence-corrected chi connectivity index (χ1v) is 11.4. The molecule has 0 unspecified atom stereocenters. The Hall–Kier alpha value is -2.63. The lowest BCUT2D eigenvalue weighted by Crippen LogP contribution is -2.41. The van der Waals surface area contributed by atoms with Crippen LogP contribution in [0.25, 0.3) is 11.4 Å². The van der Waals surface area contributed by atoms with Gasteiger partial charge in [-0.2, -0.15) is 9.71 Å². The number of carbonyl (C=O) groups is 1. The van der Waals surface area contributed by atoms with Crippen LogP contribution >= 0.6 is 11.3 Å². The monoisotopic (exact) mass is 433 g/mol. The van der Waals surface area contributed by atoms with E-state index in [1.807, 2.05) is 0 Å². The standard InChI is InChI=1S/C18H19N5O4S2/c1-10-3-4-13(15-20-17(27-22-15)12-5-6-12)9-14(10)29(25,26)23-11(2)16(24)21-18-19-7-8-28-18/h3-4,7-9,11-12,23H,5-6H2,1-2H3,(H,19,21,24)/t11-/m1/s1. The topological polar surface area (TPSA) is 127 Å². The third kappa shape index (κ3) is 4.36. The van der Waals surface area contributed by atoms with Crippen molar-refractivity contribution in [2.24, 2.45) is 0 Å². The van der Waals surface area contributed by atoms with Crippen molar-refractivity contribution in [2.75, 3.05) is 5.32 Å². The maximum atomic E-state index is 12.9. The summed E-state index contributed by atoms with van der Waals surface area (Å²) in [6.07, 6.45) is 3.61. The molecule has 2 N–H and O–H groups in total. The Balaban J connectivity index is 1.54. The zero-order chi connectivity index (χ0) is 20.6. The summed E-state index contributed by atoms with van der Waals surface area (Å²) in [6, 6.07) is 3.93. The molecule has 1 aliphatic carbocycles. The number of sulfonamides is 1. The Bertz CT molecular complexity index is 1140. The summed E-state index contributed by atoms with van der Waals surface area (Å²) in [5.74, 6) is 0.738. The van der Waals surface area contributed by atoms with Crippen molar-refractivity contribution >= 4 is 32.4 Å². The van der Waals surface area contributed by atoms with Gasteiger partial charge in [0.05, 0.1) is 10.9 Å². The van der Waals surface area contributed by atoms with Gasteiger partial charge in [0, 0.05) is 23.1 Å². The van der Waals surface area contributed by atoms with Crippen molar-refractivity contribution < 1.29 is 17.7 Å². The zero-order valence-corrected chi connectivity index (χ0v) is 17.4. The number of anilines is 1. The molecule has 4 rings (SSSR count). The van der Waals surface area contributed by atoms with Gasteiger partial charge >= 0.3 is 0 Å². The molecule has 1 fully saturated rings. The molecule has 152 valence electrons. The predicted octanol–water partition coefficient (Wildman–Crippen LogP) is 2.68. The first kappa shape index (κ1) is 19.7. The van der Waals surface area contributed by atoms with E-state index in [9.17, 15) is 13.2 Å². The SMILES string of the molecule is Cc1ccc(-c2noc(C3CC3)n2)cc1S(=O)(=O)N[C@H](C)C(=O)Nc1nccs1. The fraction of sp³-hybridized carbons (Fsp3) is 0.333. The third-order valence-electron chi connectivity index (χ3n) is 4.49. The fourth-order valence-electron chi connectivity index (χ4n) is 2.73. The summed E-state index contributed by atoms with van der Waals surface area (Å²) >= 11 is 1.25. The van der Waals surface area contributed by atoms with Crippen molar-refractivity contribution in [3.05, 3.63) is 41.2 Å². The Morgan fingerprint density at radius 2 is 2.14 bits per heavy atom. The molecule has 0 bridgehead atoms. The molecule has 2 aromatic heterocycles. The average molecular weight is 434 g/mol. The van der Waals surface area contributed by atoms with Crippen LogP contribution in [0.15, 0.2) is 39.2 Å². The number of rotatable bonds is 7. The van der Waals surface area contributed by atoms with E-state index >= 15 is 0 Å². The third-order valence-corrected chi connectivity index (χ3v) is 6.86. The number of thiazole rings is 1. The molecule has 9 nitrogen and oxygen atoms in total. The van der Waals surface area contributed by atoms with Crippen molar-refractivity contribution in [3.8, 4) is 11.4 Å². The van der Waals surface area contributed by atoms with Crippen LogP contribution in [0, 0.1) is 6.92 Å². The molecule has 29 heavy (non-hydrogen) atoms. The number of aryl methyl sites for hydroxylation is 1. The highest BCUT2D eigenvalue weighted by molar-refractivity contribution is 7.89. The fourth-order valence-corrected chi connectivity index (χ4v) is 4.73. The molecule has 0 spiro atoms. The van der Waals surface area contributed by atoms with Crippen LogP contribution in [0.1, 0.15) is 37.1 Å². The molecule has 1 aromatic carbocycles. The van der Waals surface area contributed by atoms with Crippen LogP contribution in [-0.4, -0.2) is 35.5 Å². The van der Waals surface area contributed by atoms with Gasteiger partial charge in [-0.1, -0.05) is 17.3 Å². The van der Waals surface area contributed by atoms with Crippen LogP contribution in [0.4, 0.5) is 5.13 Å². The van der Waals surface area contributed by atoms with Crippen LogP contribution < -0.4 is 10.0 Å². The van der Waals surface area contributed by atoms with E-state index < -0.39 is 22.0 Å². The molecule has 1 aliphatic rings. The quantitative estimate of drug-likeness (QED) is 0.586. The van der Waals surface area contributed by atoms with E-state index in [0.717, 1.165) is 12.8 Å². The zero-order valence-electron chi connectivity index (χ0n) is 15.7. The van der Waals surface area contributed by atoms with Gasteiger partial charge in [0.2, 0.25) is 27.6 Å². The van der Waals surface area contributed by atoms with Crippen molar-refractivity contribution in [3.63, 3.8) is 0 Å². The van der Waals surface area contributed by atoms with Gasteiger partial charge in [-0.05, 0) is 38.3 Å². The van der Waals surface area contributed by atoms with E-state index in [1.54, 1.807) is 30.6 Å². The molecule has 3 aromatic rings. The van der Waals surface area contributed by atoms with Crippen molar-refractivity contribution in [1.29, 1.82) is 0 Å². The van der Waals surface area contributed by atoms with Crippen LogP contribution in [0.3, 0.4) is 0 Å². The predicted molar refractivity (Wildman–Crippen MR) is 107 cm³/mol. The van der Waals surface area contributed by atoms with Gasteiger partial charge in [0.25, 0.3) is 0 Å². The first-order valence-electron chi connectivity index (χ1n) is 9.01. The maximum Gasteiger partial charge on any atom is 0.244 e. The maximum absolute atomic E-state index is 12.9. The van der Waals surface area contributed by atoms with Gasteiger partial charge in [-0.15, -0.1) is 11.3 Å². The summed E-state index contributed by atoms with van der Waals surface area (Å²) < 4.78 is 33.5. The van der Waals surface area contributed by atoms with Gasteiger partial charge in [-0.25, -0.2) is 13.4 Å². The Morgan fingerprint density at radius 3 is 2.83 bits per heavy atom. The second kappa shape index (κ2) is 7.65. The lowest BCUT2D eigenvalue weighted by atomic mass is 10.1. The Kier molecular flexibility index (Phi) is 5.19. The molecule has 2 heterocycles. The second-order valence-electron chi connectivity index (χ2n) is 6.88. The molecule has 0 radical (unpaired) electrons. The summed E-state index contributed by atoms with van der Waals surface area (Å²) in [5.41, 5.74) is 1.08. The number of aromatic nitrogens is 3. The van der Waals surface area contributed by atoms with E-state index in [-0.39, 0.29) is 4.90 Å². The minimum Gasteiger partial charge on any atom is -0.339 e. The van der Waals surface area contributed by atoms with E-state index in [4.69, 9.17) is 4.52 Å². The van der Waals surface area contributed by atoms with E-state index in [2.05, 4.69) is 25.2 Å². The van der Waals surface area contributed by atoms with Gasteiger partial charge in [0.15, 0.2) is 5.13 Å². The van der Waals surface area contributed by atoms with Gasteiger partial charge in [-0.3, -0.25) is 4.79 Å². The summed E-state index contributed by atoms with van der Waals surface area (Å²) in [5, 5.41) is 8.66. The van der Waals surface area contributed by atoms with Crippen LogP contribution in [0.2, 0.25) is 0 Å². The minimum absolute atomic E-state index is 0.0571. The highest BCUT2D eigenvalue weighted by Gasteiger charge is 2.30. The summed E-state index contributed by atoms with van der Waals surface area (Å²) in [7, 11) is -3.96. The number of carbonyl (C=O) groups excluding carboxylic acids is 1. The first-order chi connectivity index (χ1) is 13.8. The number of nitrogens with zero attached hydrogens (tertiary/aromatic N) is 3. The lowest BCUT2D eigenvalue weighted by molar-refractivity contribution is -0.117. The molecular weight excluding hydrogens is 414 g/mol.